The average molecular weight is 361 g/mol. The van der Waals surface area contributed by atoms with Crippen LogP contribution in [0, 0.1) is 0 Å². The lowest BCUT2D eigenvalue weighted by Crippen LogP contribution is -2.41. The first-order valence-corrected chi connectivity index (χ1v) is 9.60. The molecule has 0 bridgehead atoms. The van der Waals surface area contributed by atoms with Gasteiger partial charge < -0.3 is 21.1 Å². The normalized spacial score (nSPS) is 17.6. The monoisotopic (exact) mass is 360 g/mol. The fourth-order valence-electron chi connectivity index (χ4n) is 3.13. The lowest BCUT2D eigenvalue weighted by molar-refractivity contribution is -0.121. The summed E-state index contributed by atoms with van der Waals surface area (Å²) in [6.45, 7) is 5.20. The highest BCUT2D eigenvalue weighted by Gasteiger charge is 2.22. The van der Waals surface area contributed by atoms with Crippen LogP contribution >= 0.6 is 0 Å². The lowest BCUT2D eigenvalue weighted by atomic mass is 9.96. The average Bonchev–Trinajstić information content (AvgIpc) is 3.13. The van der Waals surface area contributed by atoms with Crippen LogP contribution in [0.3, 0.4) is 0 Å². The number of rotatable bonds is 8. The van der Waals surface area contributed by atoms with E-state index in [1.165, 1.54) is 12.8 Å². The highest BCUT2D eigenvalue weighted by atomic mass is 16.3. The Labute approximate surface area is 156 Å². The van der Waals surface area contributed by atoms with Crippen LogP contribution < -0.4 is 16.0 Å². The van der Waals surface area contributed by atoms with Gasteiger partial charge in [-0.1, -0.05) is 43.2 Å². The smallest absolute Gasteiger partial charge is 0.221 e. The highest BCUT2D eigenvalue weighted by Crippen LogP contribution is 2.20. The van der Waals surface area contributed by atoms with Gasteiger partial charge in [0.25, 0.3) is 0 Å². The number of benzene rings is 1. The molecule has 6 heteroatoms. The summed E-state index contributed by atoms with van der Waals surface area (Å²) in [6, 6.07) is 9.86. The maximum Gasteiger partial charge on any atom is 0.221 e. The predicted molar refractivity (Wildman–Crippen MR) is 105 cm³/mol. The van der Waals surface area contributed by atoms with E-state index in [1.807, 2.05) is 37.3 Å². The molecule has 1 aromatic carbocycles. The largest absolute Gasteiger partial charge is 0.384 e. The summed E-state index contributed by atoms with van der Waals surface area (Å²) >= 11 is 0. The minimum Gasteiger partial charge on any atom is -0.384 e. The number of carbonyl (C=O) groups excluding carboxylic acids is 1. The van der Waals surface area contributed by atoms with Crippen LogP contribution in [-0.2, 0) is 10.4 Å². The van der Waals surface area contributed by atoms with Crippen molar-refractivity contribution in [1.29, 1.82) is 0 Å². The van der Waals surface area contributed by atoms with Crippen molar-refractivity contribution in [1.82, 2.24) is 16.0 Å². The molecule has 1 amide bonds. The number of amides is 1. The summed E-state index contributed by atoms with van der Waals surface area (Å²) in [4.78, 5) is 16.5. The molecule has 1 aliphatic carbocycles. The third-order valence-electron chi connectivity index (χ3n) is 4.65. The molecule has 0 spiro atoms. The van der Waals surface area contributed by atoms with Gasteiger partial charge in [0.05, 0.1) is 6.54 Å². The van der Waals surface area contributed by atoms with E-state index in [-0.39, 0.29) is 12.5 Å². The van der Waals surface area contributed by atoms with E-state index in [0.717, 1.165) is 18.4 Å². The molecule has 0 radical (unpaired) electrons. The van der Waals surface area contributed by atoms with Crippen molar-refractivity contribution in [3.63, 3.8) is 0 Å². The second-order valence-electron chi connectivity index (χ2n) is 7.06. The van der Waals surface area contributed by atoms with Gasteiger partial charge in [0, 0.05) is 25.6 Å². The predicted octanol–water partition coefficient (Wildman–Crippen LogP) is 1.90. The number of aliphatic imine (C=N–C) groups is 1. The van der Waals surface area contributed by atoms with Crippen LogP contribution in [-0.4, -0.2) is 42.6 Å². The molecule has 1 fully saturated rings. The first-order valence-electron chi connectivity index (χ1n) is 9.60. The third kappa shape index (κ3) is 6.67. The van der Waals surface area contributed by atoms with Crippen molar-refractivity contribution < 1.29 is 9.90 Å². The Bertz CT molecular complexity index is 581. The zero-order valence-corrected chi connectivity index (χ0v) is 15.9. The highest BCUT2D eigenvalue weighted by molar-refractivity contribution is 5.81. The number of hydrogen-bond acceptors (Lipinski definition) is 3. The minimum absolute atomic E-state index is 0.0801. The molecule has 1 aromatic rings. The van der Waals surface area contributed by atoms with Gasteiger partial charge in [-0.05, 0) is 32.3 Å². The summed E-state index contributed by atoms with van der Waals surface area (Å²) in [5.74, 6) is 0.689. The van der Waals surface area contributed by atoms with Crippen molar-refractivity contribution in [3.05, 3.63) is 35.9 Å². The van der Waals surface area contributed by atoms with Gasteiger partial charge in [-0.2, -0.15) is 0 Å². The Balaban J connectivity index is 1.81. The molecule has 4 N–H and O–H groups in total. The Hall–Kier alpha value is -2.08. The van der Waals surface area contributed by atoms with Crippen LogP contribution in [0.2, 0.25) is 0 Å². The van der Waals surface area contributed by atoms with Crippen LogP contribution in [0.4, 0.5) is 0 Å². The molecular formula is C20H32N4O2. The van der Waals surface area contributed by atoms with Crippen molar-refractivity contribution in [2.75, 3.05) is 19.6 Å². The number of aliphatic hydroxyl groups is 1. The Morgan fingerprint density at radius 2 is 1.92 bits per heavy atom. The molecule has 0 saturated heterocycles. The van der Waals surface area contributed by atoms with Crippen LogP contribution in [0.15, 0.2) is 35.3 Å². The number of carbonyl (C=O) groups is 1. The standard InChI is InChI=1S/C20H32N4O2/c1-3-21-19(22-14-13-18(25)24-17-11-7-8-12-17)23-15-20(2,26)16-9-5-4-6-10-16/h4-6,9-10,17,26H,3,7-8,11-15H2,1-2H3,(H,24,25)(H2,21,22,23). The van der Waals surface area contributed by atoms with Gasteiger partial charge in [-0.25, -0.2) is 4.99 Å². The maximum absolute atomic E-state index is 12.0. The van der Waals surface area contributed by atoms with Crippen molar-refractivity contribution >= 4 is 11.9 Å². The summed E-state index contributed by atoms with van der Waals surface area (Å²) in [6.07, 6.45) is 5.02. The third-order valence-corrected chi connectivity index (χ3v) is 4.65. The van der Waals surface area contributed by atoms with Crippen LogP contribution in [0.5, 0.6) is 0 Å². The van der Waals surface area contributed by atoms with Crippen molar-refractivity contribution in [2.45, 2.75) is 57.6 Å². The molecule has 6 nitrogen and oxygen atoms in total. The number of nitrogens with one attached hydrogen (secondary N) is 3. The van der Waals surface area contributed by atoms with E-state index < -0.39 is 5.60 Å². The summed E-state index contributed by atoms with van der Waals surface area (Å²) in [5.41, 5.74) is -0.209. The quantitative estimate of drug-likeness (QED) is 0.421. The molecule has 144 valence electrons. The van der Waals surface area contributed by atoms with Crippen molar-refractivity contribution in [3.8, 4) is 0 Å². The van der Waals surface area contributed by atoms with E-state index in [2.05, 4.69) is 20.9 Å². The number of guanidine groups is 1. The molecule has 0 heterocycles. The molecule has 1 atom stereocenters. The van der Waals surface area contributed by atoms with Crippen LogP contribution in [0.1, 0.15) is 51.5 Å². The molecule has 1 unspecified atom stereocenters. The van der Waals surface area contributed by atoms with Gasteiger partial charge >= 0.3 is 0 Å². The van der Waals surface area contributed by atoms with E-state index in [1.54, 1.807) is 6.92 Å². The molecule has 0 aliphatic heterocycles. The maximum atomic E-state index is 12.0. The fourth-order valence-corrected chi connectivity index (χ4v) is 3.13. The zero-order chi connectivity index (χ0) is 18.8. The van der Waals surface area contributed by atoms with Gasteiger partial charge in [-0.15, -0.1) is 0 Å². The Morgan fingerprint density at radius 3 is 2.58 bits per heavy atom. The second kappa shape index (κ2) is 10.2. The minimum atomic E-state index is -1.04. The molecule has 26 heavy (non-hydrogen) atoms. The number of hydrogen-bond donors (Lipinski definition) is 4. The molecule has 2 rings (SSSR count). The van der Waals surface area contributed by atoms with Gasteiger partial charge in [0.1, 0.15) is 5.60 Å². The van der Waals surface area contributed by atoms with E-state index in [0.29, 0.717) is 31.5 Å². The SMILES string of the molecule is CCNC(=NCC(C)(O)c1ccccc1)NCCC(=O)NC1CCCC1. The van der Waals surface area contributed by atoms with Gasteiger partial charge in [0.15, 0.2) is 5.96 Å². The van der Waals surface area contributed by atoms with Crippen molar-refractivity contribution in [2.24, 2.45) is 4.99 Å². The van der Waals surface area contributed by atoms with E-state index >= 15 is 0 Å². The topological polar surface area (TPSA) is 85.8 Å². The molecule has 0 aromatic heterocycles. The summed E-state index contributed by atoms with van der Waals surface area (Å²) in [7, 11) is 0. The first kappa shape index (κ1) is 20.2. The van der Waals surface area contributed by atoms with Gasteiger partial charge in [0.2, 0.25) is 5.91 Å². The zero-order valence-electron chi connectivity index (χ0n) is 15.9. The first-order chi connectivity index (χ1) is 12.5. The van der Waals surface area contributed by atoms with E-state index in [9.17, 15) is 9.90 Å². The lowest BCUT2D eigenvalue weighted by Gasteiger charge is -2.22. The fraction of sp³-hybridized carbons (Fsp3) is 0.600. The summed E-state index contributed by atoms with van der Waals surface area (Å²) < 4.78 is 0. The van der Waals surface area contributed by atoms with Gasteiger partial charge in [-0.3, -0.25) is 4.79 Å². The summed E-state index contributed by atoms with van der Waals surface area (Å²) in [5, 5.41) is 20.0. The number of nitrogens with zero attached hydrogens (tertiary/aromatic N) is 1. The van der Waals surface area contributed by atoms with E-state index in [4.69, 9.17) is 0 Å². The Morgan fingerprint density at radius 1 is 1.23 bits per heavy atom. The molecular weight excluding hydrogens is 328 g/mol. The van der Waals surface area contributed by atoms with Crippen LogP contribution in [0.25, 0.3) is 0 Å². The second-order valence-corrected chi connectivity index (χ2v) is 7.06. The Kier molecular flexibility index (Phi) is 7.91. The molecule has 1 aliphatic rings. The molecule has 1 saturated carbocycles.